The highest BCUT2D eigenvalue weighted by Gasteiger charge is 2.13. The maximum Gasteiger partial charge on any atom is 0.315 e. The number of pyridine rings is 1. The molecule has 0 unspecified atom stereocenters. The smallest absolute Gasteiger partial charge is 0.315 e. The number of nitrogens with one attached hydrogen (secondary N) is 2. The first-order valence-corrected chi connectivity index (χ1v) is 8.17. The molecule has 2 N–H and O–H groups in total. The topological polar surface area (TPSA) is 57.3 Å². The van der Waals surface area contributed by atoms with Crippen molar-refractivity contribution in [2.45, 2.75) is 25.9 Å². The van der Waals surface area contributed by atoms with E-state index >= 15 is 0 Å². The number of nitrogens with zero attached hydrogens (tertiary/aromatic N) is 2. The minimum absolute atomic E-state index is 0.251. The summed E-state index contributed by atoms with van der Waals surface area (Å²) in [5.74, 6) is 0.688. The van der Waals surface area contributed by atoms with E-state index in [1.807, 2.05) is 12.1 Å². The van der Waals surface area contributed by atoms with Crippen molar-refractivity contribution in [1.82, 2.24) is 15.6 Å². The van der Waals surface area contributed by atoms with E-state index in [9.17, 15) is 9.18 Å². The highest BCUT2D eigenvalue weighted by atomic mass is 19.1. The van der Waals surface area contributed by atoms with Gasteiger partial charge in [-0.2, -0.15) is 0 Å². The molecule has 126 valence electrons. The Morgan fingerprint density at radius 1 is 1.04 bits per heavy atom. The van der Waals surface area contributed by atoms with E-state index in [0.717, 1.165) is 30.0 Å². The van der Waals surface area contributed by atoms with Crippen molar-refractivity contribution >= 4 is 11.8 Å². The molecule has 1 aliphatic rings. The molecule has 1 aliphatic heterocycles. The zero-order valence-electron chi connectivity index (χ0n) is 13.5. The molecule has 1 aromatic carbocycles. The molecule has 2 amide bonds. The largest absolute Gasteiger partial charge is 0.357 e. The number of anilines is 1. The van der Waals surface area contributed by atoms with E-state index in [2.05, 4.69) is 20.5 Å². The number of benzene rings is 1. The van der Waals surface area contributed by atoms with Crippen LogP contribution in [-0.4, -0.2) is 24.1 Å². The number of urea groups is 1. The fourth-order valence-electron chi connectivity index (χ4n) is 2.72. The summed E-state index contributed by atoms with van der Waals surface area (Å²) < 4.78 is 12.8. The van der Waals surface area contributed by atoms with Crippen LogP contribution in [0, 0.1) is 5.82 Å². The summed E-state index contributed by atoms with van der Waals surface area (Å²) in [6.07, 6.45) is 4.19. The summed E-state index contributed by atoms with van der Waals surface area (Å²) >= 11 is 0. The standard InChI is InChI=1S/C18H21FN4O/c19-16-5-3-14(4-6-16)12-21-18(24)22-13-15-7-8-20-17(11-15)23-9-1-2-10-23/h3-8,11H,1-2,9-10,12-13H2,(H2,21,22,24). The van der Waals surface area contributed by atoms with Gasteiger partial charge in [0.05, 0.1) is 0 Å². The average molecular weight is 328 g/mol. The number of halogens is 1. The molecule has 1 saturated heterocycles. The lowest BCUT2D eigenvalue weighted by Crippen LogP contribution is -2.34. The third-order valence-electron chi connectivity index (χ3n) is 4.06. The fraction of sp³-hybridized carbons (Fsp3) is 0.333. The van der Waals surface area contributed by atoms with Crippen LogP contribution in [0.1, 0.15) is 24.0 Å². The first kappa shape index (κ1) is 16.2. The van der Waals surface area contributed by atoms with Crippen LogP contribution in [0.25, 0.3) is 0 Å². The van der Waals surface area contributed by atoms with Gasteiger partial charge in [-0.1, -0.05) is 12.1 Å². The number of carbonyl (C=O) groups is 1. The van der Waals surface area contributed by atoms with E-state index in [1.165, 1.54) is 25.0 Å². The summed E-state index contributed by atoms with van der Waals surface area (Å²) in [5, 5.41) is 5.59. The van der Waals surface area contributed by atoms with Gasteiger partial charge in [0.15, 0.2) is 0 Å². The van der Waals surface area contributed by atoms with Crippen LogP contribution in [0.3, 0.4) is 0 Å². The maximum atomic E-state index is 12.8. The average Bonchev–Trinajstić information content (AvgIpc) is 3.14. The molecule has 2 aromatic rings. The Bertz CT molecular complexity index is 684. The van der Waals surface area contributed by atoms with E-state index in [4.69, 9.17) is 0 Å². The molecule has 6 heteroatoms. The van der Waals surface area contributed by atoms with Gasteiger partial charge in [0.1, 0.15) is 11.6 Å². The second kappa shape index (κ2) is 7.77. The Morgan fingerprint density at radius 2 is 1.71 bits per heavy atom. The molecule has 2 heterocycles. The van der Waals surface area contributed by atoms with Gasteiger partial charge in [0.2, 0.25) is 0 Å². The number of hydrogen-bond donors (Lipinski definition) is 2. The molecular weight excluding hydrogens is 307 g/mol. The Labute approximate surface area is 140 Å². The van der Waals surface area contributed by atoms with Crippen LogP contribution in [0.2, 0.25) is 0 Å². The predicted octanol–water partition coefficient (Wildman–Crippen LogP) is 2.82. The van der Waals surface area contributed by atoms with Gasteiger partial charge in [-0.15, -0.1) is 0 Å². The van der Waals surface area contributed by atoms with Gasteiger partial charge in [-0.25, -0.2) is 14.2 Å². The normalized spacial score (nSPS) is 13.8. The van der Waals surface area contributed by atoms with Gasteiger partial charge < -0.3 is 15.5 Å². The van der Waals surface area contributed by atoms with Crippen molar-refractivity contribution in [2.24, 2.45) is 0 Å². The summed E-state index contributed by atoms with van der Waals surface area (Å²) in [6, 6.07) is 9.74. The van der Waals surface area contributed by atoms with Gasteiger partial charge in [-0.05, 0) is 48.2 Å². The van der Waals surface area contributed by atoms with Crippen molar-refractivity contribution < 1.29 is 9.18 Å². The van der Waals surface area contributed by atoms with Crippen molar-refractivity contribution in [3.05, 3.63) is 59.5 Å². The number of hydrogen-bond acceptors (Lipinski definition) is 3. The SMILES string of the molecule is O=C(NCc1ccc(F)cc1)NCc1ccnc(N2CCCC2)c1. The molecule has 0 radical (unpaired) electrons. The second-order valence-corrected chi connectivity index (χ2v) is 5.88. The lowest BCUT2D eigenvalue weighted by Gasteiger charge is -2.17. The number of amides is 2. The third kappa shape index (κ3) is 4.44. The van der Waals surface area contributed by atoms with Crippen molar-refractivity contribution in [1.29, 1.82) is 0 Å². The molecule has 0 aliphatic carbocycles. The number of rotatable bonds is 5. The van der Waals surface area contributed by atoms with Crippen molar-refractivity contribution in [3.8, 4) is 0 Å². The Kier molecular flexibility index (Phi) is 5.25. The third-order valence-corrected chi connectivity index (χ3v) is 4.06. The number of aromatic nitrogens is 1. The van der Waals surface area contributed by atoms with E-state index in [0.29, 0.717) is 13.1 Å². The van der Waals surface area contributed by atoms with Crippen LogP contribution < -0.4 is 15.5 Å². The van der Waals surface area contributed by atoms with Gasteiger partial charge >= 0.3 is 6.03 Å². The fourth-order valence-corrected chi connectivity index (χ4v) is 2.72. The van der Waals surface area contributed by atoms with Crippen molar-refractivity contribution in [3.63, 3.8) is 0 Å². The monoisotopic (exact) mass is 328 g/mol. The van der Waals surface area contributed by atoms with Crippen molar-refractivity contribution in [2.75, 3.05) is 18.0 Å². The summed E-state index contributed by atoms with van der Waals surface area (Å²) in [7, 11) is 0. The highest BCUT2D eigenvalue weighted by Crippen LogP contribution is 2.18. The van der Waals surface area contributed by atoms with Crippen LogP contribution in [0.4, 0.5) is 15.0 Å². The van der Waals surface area contributed by atoms with E-state index in [1.54, 1.807) is 18.3 Å². The molecule has 1 fully saturated rings. The Balaban J connectivity index is 1.47. The molecule has 0 atom stereocenters. The van der Waals surface area contributed by atoms with E-state index < -0.39 is 0 Å². The zero-order valence-corrected chi connectivity index (χ0v) is 13.5. The second-order valence-electron chi connectivity index (χ2n) is 5.88. The minimum Gasteiger partial charge on any atom is -0.357 e. The molecule has 1 aromatic heterocycles. The van der Waals surface area contributed by atoms with E-state index in [-0.39, 0.29) is 11.8 Å². The summed E-state index contributed by atoms with van der Waals surface area (Å²) in [6.45, 7) is 2.89. The summed E-state index contributed by atoms with van der Waals surface area (Å²) in [5.41, 5.74) is 1.87. The molecule has 0 saturated carbocycles. The highest BCUT2D eigenvalue weighted by molar-refractivity contribution is 5.73. The quantitative estimate of drug-likeness (QED) is 0.887. The molecule has 5 nitrogen and oxygen atoms in total. The van der Waals surface area contributed by atoms with Crippen LogP contribution >= 0.6 is 0 Å². The van der Waals surface area contributed by atoms with Gasteiger partial charge in [-0.3, -0.25) is 0 Å². The maximum absolute atomic E-state index is 12.8. The summed E-state index contributed by atoms with van der Waals surface area (Å²) in [4.78, 5) is 18.5. The Hall–Kier alpha value is -2.63. The first-order valence-electron chi connectivity index (χ1n) is 8.17. The van der Waals surface area contributed by atoms with Crippen LogP contribution in [0.15, 0.2) is 42.6 Å². The van der Waals surface area contributed by atoms with Gasteiger partial charge in [0, 0.05) is 32.4 Å². The zero-order chi connectivity index (χ0) is 16.8. The molecule has 0 spiro atoms. The molecule has 0 bridgehead atoms. The minimum atomic E-state index is -0.283. The molecular formula is C18H21FN4O. The van der Waals surface area contributed by atoms with Crippen LogP contribution in [0.5, 0.6) is 0 Å². The number of carbonyl (C=O) groups excluding carboxylic acids is 1. The van der Waals surface area contributed by atoms with Crippen LogP contribution in [-0.2, 0) is 13.1 Å². The van der Waals surface area contributed by atoms with Gasteiger partial charge in [0.25, 0.3) is 0 Å². The predicted molar refractivity (Wildman–Crippen MR) is 91.2 cm³/mol. The Morgan fingerprint density at radius 3 is 2.42 bits per heavy atom. The molecule has 3 rings (SSSR count). The lowest BCUT2D eigenvalue weighted by atomic mass is 10.2. The lowest BCUT2D eigenvalue weighted by molar-refractivity contribution is 0.240. The first-order chi connectivity index (χ1) is 11.7. The molecule has 24 heavy (non-hydrogen) atoms.